The highest BCUT2D eigenvalue weighted by Crippen LogP contribution is 2.30. The normalized spacial score (nSPS) is 30.9. The predicted octanol–water partition coefficient (Wildman–Crippen LogP) is 1.45. The van der Waals surface area contributed by atoms with E-state index >= 15 is 0 Å². The Kier molecular flexibility index (Phi) is 6.32. The van der Waals surface area contributed by atoms with Crippen LogP contribution in [0.25, 0.3) is 0 Å². The van der Waals surface area contributed by atoms with Crippen molar-refractivity contribution in [2.24, 2.45) is 17.6 Å². The number of aliphatic hydroxyl groups excluding tert-OH is 1. The van der Waals surface area contributed by atoms with Gasteiger partial charge in [-0.2, -0.15) is 0 Å². The molecule has 0 aromatic rings. The van der Waals surface area contributed by atoms with Gasteiger partial charge in [0.25, 0.3) is 0 Å². The Labute approximate surface area is 100 Å². The summed E-state index contributed by atoms with van der Waals surface area (Å²) in [6.45, 7) is 7.56. The maximum Gasteiger partial charge on any atom is 0.0558 e. The molecule has 0 aromatic heterocycles. The van der Waals surface area contributed by atoms with Gasteiger partial charge in [-0.3, -0.25) is 0 Å². The first-order valence-electron chi connectivity index (χ1n) is 6.80. The Morgan fingerprint density at radius 1 is 1.31 bits per heavy atom. The standard InChI is InChI=1S/C13H28N2O/c1-3-11-5-6-13(14)12(9-11)10-15(4-2)7-8-16/h11-13,16H,3-10,14H2,1-2H3. The second-order valence-electron chi connectivity index (χ2n) is 5.13. The highest BCUT2D eigenvalue weighted by molar-refractivity contribution is 4.84. The summed E-state index contributed by atoms with van der Waals surface area (Å²) >= 11 is 0. The van der Waals surface area contributed by atoms with E-state index in [0.717, 1.165) is 25.6 Å². The second kappa shape index (κ2) is 7.25. The van der Waals surface area contributed by atoms with Crippen molar-refractivity contribution in [3.05, 3.63) is 0 Å². The molecule has 3 heteroatoms. The van der Waals surface area contributed by atoms with Crippen molar-refractivity contribution in [3.8, 4) is 0 Å². The summed E-state index contributed by atoms with van der Waals surface area (Å²) in [6.07, 6.45) is 5.05. The molecule has 1 aliphatic rings. The summed E-state index contributed by atoms with van der Waals surface area (Å²) in [5.41, 5.74) is 6.21. The van der Waals surface area contributed by atoms with Crippen LogP contribution in [0.3, 0.4) is 0 Å². The minimum absolute atomic E-state index is 0.257. The van der Waals surface area contributed by atoms with Crippen molar-refractivity contribution < 1.29 is 5.11 Å². The van der Waals surface area contributed by atoms with E-state index in [1.165, 1.54) is 25.7 Å². The number of hydrogen-bond acceptors (Lipinski definition) is 3. The molecule has 0 saturated heterocycles. The Hall–Kier alpha value is -0.120. The molecule has 1 rings (SSSR count). The number of rotatable bonds is 6. The highest BCUT2D eigenvalue weighted by Gasteiger charge is 2.28. The zero-order valence-electron chi connectivity index (χ0n) is 10.9. The van der Waals surface area contributed by atoms with Crippen LogP contribution in [-0.2, 0) is 0 Å². The van der Waals surface area contributed by atoms with Crippen LogP contribution in [0.1, 0.15) is 39.5 Å². The fourth-order valence-electron chi connectivity index (χ4n) is 2.82. The van der Waals surface area contributed by atoms with Crippen LogP contribution < -0.4 is 5.73 Å². The van der Waals surface area contributed by atoms with Crippen LogP contribution in [0.15, 0.2) is 0 Å². The monoisotopic (exact) mass is 228 g/mol. The van der Waals surface area contributed by atoms with E-state index in [2.05, 4.69) is 18.7 Å². The van der Waals surface area contributed by atoms with E-state index in [-0.39, 0.29) is 6.61 Å². The van der Waals surface area contributed by atoms with Gasteiger partial charge < -0.3 is 15.7 Å². The van der Waals surface area contributed by atoms with E-state index in [1.807, 2.05) is 0 Å². The molecule has 3 atom stereocenters. The molecule has 0 bridgehead atoms. The lowest BCUT2D eigenvalue weighted by Crippen LogP contribution is -2.43. The first-order valence-corrected chi connectivity index (χ1v) is 6.80. The lowest BCUT2D eigenvalue weighted by atomic mass is 9.77. The van der Waals surface area contributed by atoms with Gasteiger partial charge in [0.05, 0.1) is 6.61 Å². The van der Waals surface area contributed by atoms with Gasteiger partial charge in [-0.1, -0.05) is 20.3 Å². The van der Waals surface area contributed by atoms with E-state index in [9.17, 15) is 0 Å². The number of nitrogens with zero attached hydrogens (tertiary/aromatic N) is 1. The maximum absolute atomic E-state index is 8.99. The van der Waals surface area contributed by atoms with Gasteiger partial charge in [0, 0.05) is 19.1 Å². The molecular formula is C13H28N2O. The van der Waals surface area contributed by atoms with E-state index in [0.29, 0.717) is 12.0 Å². The molecule has 0 aromatic carbocycles. The molecule has 0 amide bonds. The van der Waals surface area contributed by atoms with Crippen LogP contribution in [0.5, 0.6) is 0 Å². The molecule has 0 heterocycles. The van der Waals surface area contributed by atoms with Crippen molar-refractivity contribution >= 4 is 0 Å². The Balaban J connectivity index is 2.42. The number of aliphatic hydroxyl groups is 1. The topological polar surface area (TPSA) is 49.5 Å². The van der Waals surface area contributed by atoms with Crippen molar-refractivity contribution in [3.63, 3.8) is 0 Å². The number of hydrogen-bond donors (Lipinski definition) is 2. The third kappa shape index (κ3) is 4.04. The van der Waals surface area contributed by atoms with Crippen molar-refractivity contribution in [1.29, 1.82) is 0 Å². The van der Waals surface area contributed by atoms with Gasteiger partial charge in [-0.05, 0) is 37.6 Å². The number of likely N-dealkylation sites (N-methyl/N-ethyl adjacent to an activating group) is 1. The van der Waals surface area contributed by atoms with Crippen molar-refractivity contribution in [1.82, 2.24) is 4.90 Å². The van der Waals surface area contributed by atoms with Crippen LogP contribution in [0.4, 0.5) is 0 Å². The molecule has 0 spiro atoms. The molecule has 3 N–H and O–H groups in total. The van der Waals surface area contributed by atoms with Gasteiger partial charge in [-0.15, -0.1) is 0 Å². The van der Waals surface area contributed by atoms with Gasteiger partial charge in [-0.25, -0.2) is 0 Å². The number of nitrogens with two attached hydrogens (primary N) is 1. The molecule has 3 unspecified atom stereocenters. The molecular weight excluding hydrogens is 200 g/mol. The Morgan fingerprint density at radius 3 is 2.62 bits per heavy atom. The van der Waals surface area contributed by atoms with Crippen LogP contribution in [0.2, 0.25) is 0 Å². The molecule has 1 fully saturated rings. The Morgan fingerprint density at radius 2 is 2.06 bits per heavy atom. The Bertz CT molecular complexity index is 187. The zero-order chi connectivity index (χ0) is 12.0. The van der Waals surface area contributed by atoms with E-state index in [1.54, 1.807) is 0 Å². The minimum atomic E-state index is 0.257. The smallest absolute Gasteiger partial charge is 0.0558 e. The SMILES string of the molecule is CCC1CCC(N)C(CN(CC)CCO)C1. The average molecular weight is 228 g/mol. The fourth-order valence-corrected chi connectivity index (χ4v) is 2.82. The zero-order valence-corrected chi connectivity index (χ0v) is 10.9. The first kappa shape index (κ1) is 13.9. The third-order valence-corrected chi connectivity index (χ3v) is 4.08. The lowest BCUT2D eigenvalue weighted by Gasteiger charge is -2.36. The summed E-state index contributed by atoms with van der Waals surface area (Å²) in [6, 6.07) is 0.371. The van der Waals surface area contributed by atoms with Gasteiger partial charge in [0.15, 0.2) is 0 Å². The molecule has 16 heavy (non-hydrogen) atoms. The molecule has 0 aliphatic heterocycles. The highest BCUT2D eigenvalue weighted by atomic mass is 16.3. The molecule has 1 saturated carbocycles. The van der Waals surface area contributed by atoms with Crippen molar-refractivity contribution in [2.75, 3.05) is 26.2 Å². The molecule has 96 valence electrons. The molecule has 3 nitrogen and oxygen atoms in total. The van der Waals surface area contributed by atoms with Gasteiger partial charge in [0.1, 0.15) is 0 Å². The van der Waals surface area contributed by atoms with Crippen molar-refractivity contribution in [2.45, 2.75) is 45.6 Å². The predicted molar refractivity (Wildman–Crippen MR) is 68.3 cm³/mol. The van der Waals surface area contributed by atoms with Crippen LogP contribution in [0, 0.1) is 11.8 Å². The summed E-state index contributed by atoms with van der Waals surface area (Å²) in [4.78, 5) is 2.32. The molecule has 1 aliphatic carbocycles. The van der Waals surface area contributed by atoms with E-state index in [4.69, 9.17) is 10.8 Å². The van der Waals surface area contributed by atoms with Crippen LogP contribution >= 0.6 is 0 Å². The minimum Gasteiger partial charge on any atom is -0.395 e. The fraction of sp³-hybridized carbons (Fsp3) is 1.00. The summed E-state index contributed by atoms with van der Waals surface area (Å²) < 4.78 is 0. The largest absolute Gasteiger partial charge is 0.395 e. The quantitative estimate of drug-likeness (QED) is 0.723. The van der Waals surface area contributed by atoms with Gasteiger partial charge in [0.2, 0.25) is 0 Å². The molecule has 0 radical (unpaired) electrons. The average Bonchev–Trinajstić information content (AvgIpc) is 2.31. The van der Waals surface area contributed by atoms with Gasteiger partial charge >= 0.3 is 0 Å². The maximum atomic E-state index is 8.99. The summed E-state index contributed by atoms with van der Waals surface area (Å²) in [7, 11) is 0. The first-order chi connectivity index (χ1) is 7.71. The summed E-state index contributed by atoms with van der Waals surface area (Å²) in [5, 5.41) is 8.99. The lowest BCUT2D eigenvalue weighted by molar-refractivity contribution is 0.137. The second-order valence-corrected chi connectivity index (χ2v) is 5.13. The third-order valence-electron chi connectivity index (χ3n) is 4.08. The van der Waals surface area contributed by atoms with Crippen LogP contribution in [-0.4, -0.2) is 42.3 Å². The summed E-state index contributed by atoms with van der Waals surface area (Å²) in [5.74, 6) is 1.50. The van der Waals surface area contributed by atoms with E-state index < -0.39 is 0 Å².